The molecule has 2 aromatic rings. The molecule has 0 bridgehead atoms. The number of halogens is 2. The largest absolute Gasteiger partial charge is 0.439 e. The lowest BCUT2D eigenvalue weighted by molar-refractivity contribution is -0.283. The molecule has 0 aliphatic carbocycles. The average molecular weight is 367 g/mol. The van der Waals surface area contributed by atoms with Crippen molar-refractivity contribution in [3.8, 4) is 11.6 Å². The van der Waals surface area contributed by atoms with Gasteiger partial charge in [-0.25, -0.2) is 23.5 Å². The molecule has 0 fully saturated rings. The minimum absolute atomic E-state index is 0.135. The summed E-state index contributed by atoms with van der Waals surface area (Å²) in [6.07, 6.45) is 3.11. The molecule has 8 heteroatoms. The first-order chi connectivity index (χ1) is 12.6. The summed E-state index contributed by atoms with van der Waals surface area (Å²) in [6, 6.07) is 6.47. The van der Waals surface area contributed by atoms with Crippen LogP contribution in [0.5, 0.6) is 11.6 Å². The average Bonchev–Trinajstić information content (AvgIpc) is 2.65. The highest BCUT2D eigenvalue weighted by Gasteiger charge is 2.08. The summed E-state index contributed by atoms with van der Waals surface area (Å²) in [5.41, 5.74) is 0.608. The van der Waals surface area contributed by atoms with Crippen LogP contribution in [0.2, 0.25) is 0 Å². The lowest BCUT2D eigenvalue weighted by Gasteiger charge is -2.09. The first-order valence-corrected chi connectivity index (χ1v) is 7.97. The van der Waals surface area contributed by atoms with Gasteiger partial charge in [-0.05, 0) is 38.1 Å². The number of hydrogen-bond acceptors (Lipinski definition) is 6. The van der Waals surface area contributed by atoms with E-state index in [2.05, 4.69) is 4.98 Å². The van der Waals surface area contributed by atoms with Crippen LogP contribution >= 0.6 is 0 Å². The van der Waals surface area contributed by atoms with Crippen molar-refractivity contribution in [1.82, 2.24) is 4.98 Å². The number of pyridine rings is 1. The Morgan fingerprint density at radius 3 is 2.46 bits per heavy atom. The van der Waals surface area contributed by atoms with E-state index in [9.17, 15) is 8.78 Å². The number of ether oxygens (including phenoxy) is 1. The van der Waals surface area contributed by atoms with Crippen molar-refractivity contribution in [2.24, 2.45) is 0 Å². The Balaban J connectivity index is 2.07. The van der Waals surface area contributed by atoms with Crippen molar-refractivity contribution >= 4 is 5.76 Å². The van der Waals surface area contributed by atoms with Gasteiger partial charge in [0, 0.05) is 23.9 Å². The molecule has 0 aliphatic rings. The summed E-state index contributed by atoms with van der Waals surface area (Å²) in [5.74, 6) is -1.21. The summed E-state index contributed by atoms with van der Waals surface area (Å²) in [7, 11) is 0. The summed E-state index contributed by atoms with van der Waals surface area (Å²) < 4.78 is 31.5. The summed E-state index contributed by atoms with van der Waals surface area (Å²) >= 11 is 0. The van der Waals surface area contributed by atoms with Gasteiger partial charge in [0.05, 0.1) is 13.2 Å². The van der Waals surface area contributed by atoms with Crippen molar-refractivity contribution in [3.05, 3.63) is 59.8 Å². The first kappa shape index (κ1) is 19.8. The van der Waals surface area contributed by atoms with E-state index in [1.165, 1.54) is 12.3 Å². The standard InChI is InChI=1S/C18H19F2NO5/c1-3-22-24-10-9-17(26-23-4-2)13-5-8-18(21-12-13)25-14-6-7-15(19)16(20)11-14/h5-9,11-12H,3-4,10H2,1-2H3. The van der Waals surface area contributed by atoms with E-state index in [-0.39, 0.29) is 18.2 Å². The molecular formula is C18H19F2NO5. The molecule has 1 heterocycles. The second-order valence-electron chi connectivity index (χ2n) is 4.81. The molecule has 0 aliphatic heterocycles. The van der Waals surface area contributed by atoms with Gasteiger partial charge in [-0.3, -0.25) is 0 Å². The molecule has 0 unspecified atom stereocenters. The first-order valence-electron chi connectivity index (χ1n) is 7.97. The van der Waals surface area contributed by atoms with Crippen LogP contribution in [0, 0.1) is 11.6 Å². The Hall–Kier alpha value is -2.55. The molecule has 0 saturated heterocycles. The van der Waals surface area contributed by atoms with Crippen LogP contribution in [0.25, 0.3) is 5.76 Å². The van der Waals surface area contributed by atoms with E-state index in [4.69, 9.17) is 24.3 Å². The smallest absolute Gasteiger partial charge is 0.219 e. The highest BCUT2D eigenvalue weighted by atomic mass is 19.2. The third kappa shape index (κ3) is 6.07. The lowest BCUT2D eigenvalue weighted by Crippen LogP contribution is -1.99. The maximum absolute atomic E-state index is 13.2. The van der Waals surface area contributed by atoms with E-state index < -0.39 is 11.6 Å². The van der Waals surface area contributed by atoms with Crippen molar-refractivity contribution in [3.63, 3.8) is 0 Å². The van der Waals surface area contributed by atoms with Crippen LogP contribution in [0.15, 0.2) is 42.6 Å². The van der Waals surface area contributed by atoms with Crippen LogP contribution in [0.3, 0.4) is 0 Å². The van der Waals surface area contributed by atoms with Crippen molar-refractivity contribution in [2.45, 2.75) is 13.8 Å². The van der Waals surface area contributed by atoms with Crippen molar-refractivity contribution in [1.29, 1.82) is 0 Å². The summed E-state index contributed by atoms with van der Waals surface area (Å²) in [4.78, 5) is 24.0. The highest BCUT2D eigenvalue weighted by molar-refractivity contribution is 5.58. The van der Waals surface area contributed by atoms with E-state index in [0.717, 1.165) is 12.1 Å². The molecule has 0 radical (unpaired) electrons. The van der Waals surface area contributed by atoms with Gasteiger partial charge in [-0.15, -0.1) is 0 Å². The number of aromatic nitrogens is 1. The molecule has 140 valence electrons. The fourth-order valence-corrected chi connectivity index (χ4v) is 1.81. The van der Waals surface area contributed by atoms with Gasteiger partial charge in [-0.1, -0.05) is 0 Å². The minimum Gasteiger partial charge on any atom is -0.439 e. The molecule has 6 nitrogen and oxygen atoms in total. The van der Waals surface area contributed by atoms with Gasteiger partial charge < -0.3 is 9.62 Å². The molecule has 1 aromatic carbocycles. The highest BCUT2D eigenvalue weighted by Crippen LogP contribution is 2.23. The fourth-order valence-electron chi connectivity index (χ4n) is 1.81. The Bertz CT molecular complexity index is 722. The fraction of sp³-hybridized carbons (Fsp3) is 0.278. The van der Waals surface area contributed by atoms with Gasteiger partial charge in [-0.2, -0.15) is 4.89 Å². The Morgan fingerprint density at radius 1 is 1.00 bits per heavy atom. The van der Waals surface area contributed by atoms with E-state index in [0.29, 0.717) is 24.5 Å². The third-order valence-corrected chi connectivity index (χ3v) is 2.94. The van der Waals surface area contributed by atoms with Gasteiger partial charge in [0.2, 0.25) is 5.88 Å². The zero-order chi connectivity index (χ0) is 18.8. The number of hydrogen-bond donors (Lipinski definition) is 0. The topological polar surface area (TPSA) is 59.0 Å². The maximum Gasteiger partial charge on any atom is 0.219 e. The molecule has 26 heavy (non-hydrogen) atoms. The van der Waals surface area contributed by atoms with Crippen LogP contribution in [0.1, 0.15) is 19.4 Å². The van der Waals surface area contributed by atoms with E-state index in [1.807, 2.05) is 0 Å². The van der Waals surface area contributed by atoms with E-state index in [1.54, 1.807) is 32.1 Å². The summed E-state index contributed by atoms with van der Waals surface area (Å²) in [5, 5.41) is 0. The normalized spacial score (nSPS) is 11.5. The second kappa shape index (κ2) is 10.4. The van der Waals surface area contributed by atoms with Crippen LogP contribution in [0.4, 0.5) is 8.78 Å². The molecule has 0 saturated carbocycles. The van der Waals surface area contributed by atoms with Gasteiger partial charge in [0.15, 0.2) is 17.4 Å². The Morgan fingerprint density at radius 2 is 1.81 bits per heavy atom. The van der Waals surface area contributed by atoms with Crippen LogP contribution in [-0.2, 0) is 19.6 Å². The number of benzene rings is 1. The molecule has 0 atom stereocenters. The van der Waals surface area contributed by atoms with Gasteiger partial charge in [0.25, 0.3) is 0 Å². The number of nitrogens with zero attached hydrogens (tertiary/aromatic N) is 1. The van der Waals surface area contributed by atoms with E-state index >= 15 is 0 Å². The molecule has 2 rings (SSSR count). The van der Waals surface area contributed by atoms with Crippen molar-refractivity contribution < 1.29 is 33.1 Å². The molecule has 0 spiro atoms. The zero-order valence-electron chi connectivity index (χ0n) is 14.4. The molecule has 0 amide bonds. The predicted molar refractivity (Wildman–Crippen MR) is 88.9 cm³/mol. The monoisotopic (exact) mass is 367 g/mol. The lowest BCUT2D eigenvalue weighted by atomic mass is 10.2. The quantitative estimate of drug-likeness (QED) is 0.268. The van der Waals surface area contributed by atoms with Crippen molar-refractivity contribution in [2.75, 3.05) is 19.8 Å². The Kier molecular flexibility index (Phi) is 7.94. The molecule has 1 aromatic heterocycles. The van der Waals surface area contributed by atoms with Crippen LogP contribution in [-0.4, -0.2) is 24.8 Å². The molecule has 0 N–H and O–H groups in total. The molecular weight excluding hydrogens is 348 g/mol. The zero-order valence-corrected chi connectivity index (χ0v) is 14.4. The second-order valence-corrected chi connectivity index (χ2v) is 4.81. The van der Waals surface area contributed by atoms with Gasteiger partial charge >= 0.3 is 0 Å². The SMILES string of the molecule is CCOOCC=C(OOCC)c1ccc(Oc2ccc(F)c(F)c2)nc1. The third-order valence-electron chi connectivity index (χ3n) is 2.94. The predicted octanol–water partition coefficient (Wildman–Crippen LogP) is 4.43. The minimum atomic E-state index is -0.997. The maximum atomic E-state index is 13.2. The van der Waals surface area contributed by atoms with Gasteiger partial charge in [0.1, 0.15) is 12.4 Å². The summed E-state index contributed by atoms with van der Waals surface area (Å²) in [6.45, 7) is 4.52. The van der Waals surface area contributed by atoms with Crippen LogP contribution < -0.4 is 4.74 Å². The Labute approximate surface area is 149 Å². The number of rotatable bonds is 10.